The Morgan fingerprint density at radius 1 is 1.33 bits per heavy atom. The number of nitrogens with zero attached hydrogens (tertiary/aromatic N) is 4. The molecule has 3 aromatic heterocycles. The van der Waals surface area contributed by atoms with Crippen molar-refractivity contribution in [2.75, 3.05) is 7.05 Å². The first-order valence-corrected chi connectivity index (χ1v) is 8.17. The van der Waals surface area contributed by atoms with Crippen LogP contribution in [0.1, 0.15) is 5.69 Å². The molecule has 0 bridgehead atoms. The van der Waals surface area contributed by atoms with Gasteiger partial charge in [-0.25, -0.2) is 4.79 Å². The maximum Gasteiger partial charge on any atom is 0.325 e. The molecule has 0 amide bonds. The van der Waals surface area contributed by atoms with Crippen LogP contribution in [-0.2, 0) is 6.54 Å². The van der Waals surface area contributed by atoms with Gasteiger partial charge in [0.1, 0.15) is 5.69 Å². The number of aromatic nitrogens is 5. The van der Waals surface area contributed by atoms with Gasteiger partial charge in [0, 0.05) is 48.7 Å². The zero-order valence-electron chi connectivity index (χ0n) is 14.9. The van der Waals surface area contributed by atoms with Crippen LogP contribution in [0.2, 0.25) is 0 Å². The Morgan fingerprint density at radius 3 is 2.89 bits per heavy atom. The molecule has 4 N–H and O–H groups in total. The number of allylic oxidation sites excluding steroid dienone is 2. The zero-order chi connectivity index (χ0) is 19.4. The third-order valence-corrected chi connectivity index (χ3v) is 3.94. The van der Waals surface area contributed by atoms with Gasteiger partial charge in [0.15, 0.2) is 0 Å². The Labute approximate surface area is 154 Å². The first-order chi connectivity index (χ1) is 13.0. The molecular weight excluding hydrogens is 346 g/mol. The molecule has 9 nitrogen and oxygen atoms in total. The Hall–Kier alpha value is -3.75. The molecule has 0 aliphatic heterocycles. The highest BCUT2D eigenvalue weighted by molar-refractivity contribution is 5.72. The molecule has 0 saturated heterocycles. The van der Waals surface area contributed by atoms with Gasteiger partial charge in [-0.2, -0.15) is 5.10 Å². The van der Waals surface area contributed by atoms with Crippen molar-refractivity contribution in [2.24, 2.45) is 10.7 Å². The van der Waals surface area contributed by atoms with Gasteiger partial charge < -0.3 is 15.3 Å². The van der Waals surface area contributed by atoms with E-state index < -0.39 is 11.2 Å². The lowest BCUT2D eigenvalue weighted by Crippen LogP contribution is -2.22. The highest BCUT2D eigenvalue weighted by Crippen LogP contribution is 2.25. The summed E-state index contributed by atoms with van der Waals surface area (Å²) in [5.74, 6) is 0. The van der Waals surface area contributed by atoms with E-state index in [1.54, 1.807) is 25.4 Å². The summed E-state index contributed by atoms with van der Waals surface area (Å²) in [5, 5.41) is 8.22. The highest BCUT2D eigenvalue weighted by Gasteiger charge is 2.12. The second kappa shape index (κ2) is 7.65. The van der Waals surface area contributed by atoms with Crippen molar-refractivity contribution in [3.63, 3.8) is 0 Å². The van der Waals surface area contributed by atoms with Crippen molar-refractivity contribution >= 4 is 6.21 Å². The number of hydrogen-bond donors (Lipinski definition) is 3. The van der Waals surface area contributed by atoms with Crippen LogP contribution >= 0.6 is 0 Å². The molecule has 3 rings (SSSR count). The van der Waals surface area contributed by atoms with Gasteiger partial charge in [0.25, 0.3) is 5.56 Å². The molecule has 3 heterocycles. The smallest absolute Gasteiger partial charge is 0.325 e. The molecule has 0 aliphatic carbocycles. The molecule has 9 heteroatoms. The van der Waals surface area contributed by atoms with Crippen LogP contribution < -0.4 is 17.0 Å². The summed E-state index contributed by atoms with van der Waals surface area (Å²) in [6.07, 6.45) is 8.57. The Morgan fingerprint density at radius 2 is 2.15 bits per heavy atom. The van der Waals surface area contributed by atoms with Gasteiger partial charge in [-0.15, -0.1) is 5.10 Å². The number of aliphatic imine (C=N–C) groups is 1. The molecule has 0 aromatic carbocycles. The molecule has 0 unspecified atom stereocenters. The van der Waals surface area contributed by atoms with Gasteiger partial charge in [-0.1, -0.05) is 0 Å². The molecule has 0 atom stereocenters. The Bertz CT molecular complexity index is 1130. The summed E-state index contributed by atoms with van der Waals surface area (Å²) in [4.78, 5) is 31.7. The quantitative estimate of drug-likeness (QED) is 0.576. The molecule has 0 fully saturated rings. The summed E-state index contributed by atoms with van der Waals surface area (Å²) in [5.41, 5.74) is 8.64. The van der Waals surface area contributed by atoms with Gasteiger partial charge in [0.2, 0.25) is 0 Å². The van der Waals surface area contributed by atoms with E-state index in [9.17, 15) is 9.59 Å². The summed E-state index contributed by atoms with van der Waals surface area (Å²) in [6, 6.07) is 3.71. The van der Waals surface area contributed by atoms with Crippen LogP contribution in [0.3, 0.4) is 0 Å². The lowest BCUT2D eigenvalue weighted by molar-refractivity contribution is 0.783. The predicted molar refractivity (Wildman–Crippen MR) is 104 cm³/mol. The predicted octanol–water partition coefficient (Wildman–Crippen LogP) is 0.840. The minimum atomic E-state index is -0.570. The van der Waals surface area contributed by atoms with Crippen LogP contribution in [0.5, 0.6) is 0 Å². The second-order valence-corrected chi connectivity index (χ2v) is 5.94. The minimum absolute atomic E-state index is 0.244. The van der Waals surface area contributed by atoms with Crippen LogP contribution in [0.15, 0.2) is 57.1 Å². The molecule has 0 aliphatic rings. The van der Waals surface area contributed by atoms with Gasteiger partial charge >= 0.3 is 5.69 Å². The van der Waals surface area contributed by atoms with Crippen LogP contribution in [0.4, 0.5) is 0 Å². The third-order valence-electron chi connectivity index (χ3n) is 3.94. The average Bonchev–Trinajstić information content (AvgIpc) is 3.09. The van der Waals surface area contributed by atoms with Crippen molar-refractivity contribution in [3.05, 3.63) is 69.0 Å². The fourth-order valence-corrected chi connectivity index (χ4v) is 2.61. The van der Waals surface area contributed by atoms with E-state index in [-0.39, 0.29) is 5.56 Å². The molecule has 138 valence electrons. The lowest BCUT2D eigenvalue weighted by atomic mass is 10.1. The van der Waals surface area contributed by atoms with Crippen molar-refractivity contribution in [1.29, 1.82) is 0 Å². The molecule has 0 spiro atoms. The van der Waals surface area contributed by atoms with E-state index in [2.05, 4.69) is 25.2 Å². The topological polar surface area (TPSA) is 135 Å². The third kappa shape index (κ3) is 4.09. The Balaban J connectivity index is 1.96. The summed E-state index contributed by atoms with van der Waals surface area (Å²) in [6.45, 7) is 2.36. The largest absolute Gasteiger partial charge is 0.401 e. The van der Waals surface area contributed by atoms with Crippen LogP contribution in [0.25, 0.3) is 22.4 Å². The first kappa shape index (κ1) is 18.1. The zero-order valence-corrected chi connectivity index (χ0v) is 14.9. The number of aromatic amines is 2. The van der Waals surface area contributed by atoms with E-state index in [0.29, 0.717) is 17.9 Å². The number of hydrogen-bond acceptors (Lipinski definition) is 6. The summed E-state index contributed by atoms with van der Waals surface area (Å²) >= 11 is 0. The van der Waals surface area contributed by atoms with Gasteiger partial charge in [0.05, 0.1) is 17.8 Å². The van der Waals surface area contributed by atoms with E-state index in [1.165, 1.54) is 6.20 Å². The Kier molecular flexibility index (Phi) is 5.11. The molecular formula is C18H19N7O2. The molecule has 27 heavy (non-hydrogen) atoms. The maximum atomic E-state index is 12.0. The highest BCUT2D eigenvalue weighted by atomic mass is 16.2. The number of aryl methyl sites for hydroxylation is 1. The molecule has 3 aromatic rings. The van der Waals surface area contributed by atoms with Gasteiger partial charge in [-0.3, -0.25) is 14.8 Å². The SMILES string of the molecule is CN=CC=C(N)Cn1ccc(-c2cc(-c3c[nH]c(=O)[nH]c3=O)nnc2C)c1. The molecule has 0 saturated carbocycles. The summed E-state index contributed by atoms with van der Waals surface area (Å²) < 4.78 is 1.94. The monoisotopic (exact) mass is 365 g/mol. The average molecular weight is 365 g/mol. The van der Waals surface area contributed by atoms with E-state index in [4.69, 9.17) is 5.73 Å². The molecule has 0 radical (unpaired) electrons. The first-order valence-electron chi connectivity index (χ1n) is 8.17. The van der Waals surface area contributed by atoms with Crippen LogP contribution in [0, 0.1) is 6.92 Å². The van der Waals surface area contributed by atoms with Crippen molar-refractivity contribution in [3.8, 4) is 22.4 Å². The van der Waals surface area contributed by atoms with E-state index in [1.807, 2.05) is 30.0 Å². The lowest BCUT2D eigenvalue weighted by Gasteiger charge is -2.06. The number of rotatable bonds is 5. The van der Waals surface area contributed by atoms with Crippen molar-refractivity contribution in [1.82, 2.24) is 24.7 Å². The fourth-order valence-electron chi connectivity index (χ4n) is 2.61. The van der Waals surface area contributed by atoms with E-state index in [0.717, 1.165) is 16.8 Å². The normalized spacial score (nSPS) is 12.0. The maximum absolute atomic E-state index is 12.0. The van der Waals surface area contributed by atoms with Crippen LogP contribution in [-0.4, -0.2) is 38.0 Å². The second-order valence-electron chi connectivity index (χ2n) is 5.94. The number of nitrogens with two attached hydrogens (primary N) is 1. The number of H-pyrrole nitrogens is 2. The van der Waals surface area contributed by atoms with E-state index >= 15 is 0 Å². The van der Waals surface area contributed by atoms with Crippen molar-refractivity contribution < 1.29 is 0 Å². The summed E-state index contributed by atoms with van der Waals surface area (Å²) in [7, 11) is 1.68. The van der Waals surface area contributed by atoms with Gasteiger partial charge in [-0.05, 0) is 25.1 Å². The standard InChI is InChI=1S/C18H19N7O2/c1-11-14(12-4-6-25(9-12)10-13(19)3-5-20-2)7-16(24-23-11)15-8-21-18(27)22-17(15)26/h3-9H,10,19H2,1-2H3,(H2,21,22,26,27). The fraction of sp³-hybridized carbons (Fsp3) is 0.167. The van der Waals surface area contributed by atoms with Crippen molar-refractivity contribution in [2.45, 2.75) is 13.5 Å². The number of nitrogens with one attached hydrogen (secondary N) is 2. The minimum Gasteiger partial charge on any atom is -0.401 e.